The molecule has 1 aliphatic carbocycles. The van der Waals surface area contributed by atoms with Gasteiger partial charge in [0.1, 0.15) is 0 Å². The second kappa shape index (κ2) is 5.62. The van der Waals surface area contributed by atoms with Gasteiger partial charge in [0.05, 0.1) is 16.4 Å². The van der Waals surface area contributed by atoms with Gasteiger partial charge in [-0.25, -0.2) is 0 Å². The average Bonchev–Trinajstić information content (AvgIpc) is 2.80. The van der Waals surface area contributed by atoms with Gasteiger partial charge in [-0.15, -0.1) is 0 Å². The van der Waals surface area contributed by atoms with Crippen LogP contribution >= 0.6 is 11.6 Å². The van der Waals surface area contributed by atoms with Crippen LogP contribution in [0.25, 0.3) is 0 Å². The Kier molecular flexibility index (Phi) is 4.33. The Morgan fingerprint density at radius 3 is 2.67 bits per heavy atom. The molecule has 1 aromatic rings. The monoisotopic (exact) mass is 269 g/mol. The normalized spacial score (nSPS) is 27.9. The SMILES string of the molecule is CCC1CCC(NCc2c(Cl)c(C)nn2C)C1C. The molecule has 0 aromatic carbocycles. The molecule has 3 atom stereocenters. The van der Waals surface area contributed by atoms with E-state index in [9.17, 15) is 0 Å². The molecule has 3 unspecified atom stereocenters. The van der Waals surface area contributed by atoms with Crippen molar-refractivity contribution in [3.8, 4) is 0 Å². The van der Waals surface area contributed by atoms with E-state index < -0.39 is 0 Å². The first-order valence-electron chi connectivity index (χ1n) is 6.96. The molecular weight excluding hydrogens is 246 g/mol. The molecule has 0 aliphatic heterocycles. The van der Waals surface area contributed by atoms with E-state index in [-0.39, 0.29) is 0 Å². The Labute approximate surface area is 115 Å². The lowest BCUT2D eigenvalue weighted by atomic mass is 9.93. The fraction of sp³-hybridized carbons (Fsp3) is 0.786. The first-order valence-corrected chi connectivity index (χ1v) is 7.33. The molecule has 1 N–H and O–H groups in total. The van der Waals surface area contributed by atoms with Crippen LogP contribution < -0.4 is 5.32 Å². The van der Waals surface area contributed by atoms with Gasteiger partial charge in [-0.2, -0.15) is 5.10 Å². The fourth-order valence-corrected chi connectivity index (χ4v) is 3.44. The van der Waals surface area contributed by atoms with Crippen molar-refractivity contribution in [2.24, 2.45) is 18.9 Å². The summed E-state index contributed by atoms with van der Waals surface area (Å²) in [7, 11) is 1.96. The van der Waals surface area contributed by atoms with E-state index in [1.54, 1.807) is 0 Å². The zero-order chi connectivity index (χ0) is 13.3. The van der Waals surface area contributed by atoms with E-state index in [1.807, 2.05) is 18.7 Å². The predicted molar refractivity (Wildman–Crippen MR) is 75.8 cm³/mol. The third kappa shape index (κ3) is 2.57. The molecule has 2 rings (SSSR count). The number of nitrogens with zero attached hydrogens (tertiary/aromatic N) is 2. The van der Waals surface area contributed by atoms with Crippen LogP contribution in [0.15, 0.2) is 0 Å². The van der Waals surface area contributed by atoms with E-state index in [0.29, 0.717) is 6.04 Å². The molecule has 0 saturated heterocycles. The first kappa shape index (κ1) is 13.9. The maximum absolute atomic E-state index is 6.27. The summed E-state index contributed by atoms with van der Waals surface area (Å²) in [6.45, 7) is 7.44. The number of hydrogen-bond donors (Lipinski definition) is 1. The molecule has 1 fully saturated rings. The zero-order valence-corrected chi connectivity index (χ0v) is 12.6. The van der Waals surface area contributed by atoms with Gasteiger partial charge in [0.2, 0.25) is 0 Å². The third-order valence-corrected chi connectivity index (χ3v) is 5.04. The Hall–Kier alpha value is -0.540. The number of rotatable bonds is 4. The molecule has 4 heteroatoms. The minimum atomic E-state index is 0.626. The summed E-state index contributed by atoms with van der Waals surface area (Å²) in [6, 6.07) is 0.626. The van der Waals surface area contributed by atoms with Crippen LogP contribution in [0.4, 0.5) is 0 Å². The molecule has 1 aromatic heterocycles. The third-order valence-electron chi connectivity index (χ3n) is 4.54. The maximum atomic E-state index is 6.27. The number of nitrogens with one attached hydrogen (secondary N) is 1. The van der Waals surface area contributed by atoms with Crippen LogP contribution in [0.2, 0.25) is 5.02 Å². The van der Waals surface area contributed by atoms with E-state index in [1.165, 1.54) is 19.3 Å². The average molecular weight is 270 g/mol. The van der Waals surface area contributed by atoms with Crippen molar-refractivity contribution in [2.45, 2.75) is 52.6 Å². The Balaban J connectivity index is 1.96. The summed E-state index contributed by atoms with van der Waals surface area (Å²) in [4.78, 5) is 0. The fourth-order valence-electron chi connectivity index (χ4n) is 3.21. The van der Waals surface area contributed by atoms with Crippen molar-refractivity contribution < 1.29 is 0 Å². The summed E-state index contributed by atoms with van der Waals surface area (Å²) in [5, 5.41) is 8.82. The quantitative estimate of drug-likeness (QED) is 0.909. The van der Waals surface area contributed by atoms with Crippen molar-refractivity contribution in [3.05, 3.63) is 16.4 Å². The molecule has 1 heterocycles. The number of aromatic nitrogens is 2. The number of aryl methyl sites for hydroxylation is 2. The maximum Gasteiger partial charge on any atom is 0.0860 e. The van der Waals surface area contributed by atoms with E-state index in [0.717, 1.165) is 34.8 Å². The first-order chi connectivity index (χ1) is 8.54. The van der Waals surface area contributed by atoms with Gasteiger partial charge in [-0.05, 0) is 31.6 Å². The smallest absolute Gasteiger partial charge is 0.0860 e. The second-order valence-corrected chi connectivity index (χ2v) is 5.94. The summed E-state index contributed by atoms with van der Waals surface area (Å²) >= 11 is 6.27. The molecule has 1 aliphatic rings. The molecule has 102 valence electrons. The zero-order valence-electron chi connectivity index (χ0n) is 11.8. The highest BCUT2D eigenvalue weighted by molar-refractivity contribution is 6.31. The molecule has 1 saturated carbocycles. The number of halogens is 1. The molecule has 3 nitrogen and oxygen atoms in total. The van der Waals surface area contributed by atoms with Gasteiger partial charge < -0.3 is 5.32 Å². The largest absolute Gasteiger partial charge is 0.308 e. The highest BCUT2D eigenvalue weighted by Crippen LogP contribution is 2.34. The molecule has 18 heavy (non-hydrogen) atoms. The summed E-state index contributed by atoms with van der Waals surface area (Å²) in [5.41, 5.74) is 2.02. The molecule has 0 bridgehead atoms. The Morgan fingerprint density at radius 1 is 1.44 bits per heavy atom. The van der Waals surface area contributed by atoms with Crippen LogP contribution in [0.5, 0.6) is 0 Å². The summed E-state index contributed by atoms with van der Waals surface area (Å²) in [6.07, 6.45) is 3.94. The molecular formula is C14H24ClN3. The predicted octanol–water partition coefficient (Wildman–Crippen LogP) is 3.30. The van der Waals surface area contributed by atoms with Gasteiger partial charge >= 0.3 is 0 Å². The van der Waals surface area contributed by atoms with Gasteiger partial charge in [0, 0.05) is 19.6 Å². The summed E-state index contributed by atoms with van der Waals surface area (Å²) < 4.78 is 1.89. The standard InChI is InChI=1S/C14H24ClN3/c1-5-11-6-7-12(9(11)2)16-8-13-14(15)10(3)17-18(13)4/h9,11-12,16H,5-8H2,1-4H3. The van der Waals surface area contributed by atoms with Crippen LogP contribution in [-0.4, -0.2) is 15.8 Å². The van der Waals surface area contributed by atoms with E-state index in [4.69, 9.17) is 11.6 Å². The van der Waals surface area contributed by atoms with E-state index in [2.05, 4.69) is 24.3 Å². The molecule has 0 spiro atoms. The van der Waals surface area contributed by atoms with Crippen molar-refractivity contribution in [3.63, 3.8) is 0 Å². The van der Waals surface area contributed by atoms with E-state index >= 15 is 0 Å². The van der Waals surface area contributed by atoms with Crippen LogP contribution in [-0.2, 0) is 13.6 Å². The molecule has 0 radical (unpaired) electrons. The van der Waals surface area contributed by atoms with Crippen molar-refractivity contribution in [1.82, 2.24) is 15.1 Å². The highest BCUT2D eigenvalue weighted by Gasteiger charge is 2.31. The topological polar surface area (TPSA) is 29.9 Å². The van der Waals surface area contributed by atoms with Crippen molar-refractivity contribution in [2.75, 3.05) is 0 Å². The van der Waals surface area contributed by atoms with Gasteiger partial charge in [0.15, 0.2) is 0 Å². The van der Waals surface area contributed by atoms with Crippen LogP contribution in [0.1, 0.15) is 44.5 Å². The lowest BCUT2D eigenvalue weighted by Gasteiger charge is -2.21. The molecule has 0 amide bonds. The van der Waals surface area contributed by atoms with Crippen molar-refractivity contribution >= 4 is 11.6 Å². The Morgan fingerprint density at radius 2 is 2.17 bits per heavy atom. The minimum absolute atomic E-state index is 0.626. The van der Waals surface area contributed by atoms with Crippen LogP contribution in [0.3, 0.4) is 0 Å². The summed E-state index contributed by atoms with van der Waals surface area (Å²) in [5.74, 6) is 1.65. The number of hydrogen-bond acceptors (Lipinski definition) is 2. The van der Waals surface area contributed by atoms with Crippen LogP contribution in [0, 0.1) is 18.8 Å². The van der Waals surface area contributed by atoms with Gasteiger partial charge in [-0.1, -0.05) is 31.9 Å². The van der Waals surface area contributed by atoms with Gasteiger partial charge in [0.25, 0.3) is 0 Å². The Bertz CT molecular complexity index is 413. The highest BCUT2D eigenvalue weighted by atomic mass is 35.5. The second-order valence-electron chi connectivity index (χ2n) is 5.56. The minimum Gasteiger partial charge on any atom is -0.308 e. The lowest BCUT2D eigenvalue weighted by Crippen LogP contribution is -2.32. The van der Waals surface area contributed by atoms with Crippen molar-refractivity contribution in [1.29, 1.82) is 0 Å². The van der Waals surface area contributed by atoms with Gasteiger partial charge in [-0.3, -0.25) is 4.68 Å². The lowest BCUT2D eigenvalue weighted by molar-refractivity contribution is 0.342.